The number of carbonyl (C=O) groups is 2. The summed E-state index contributed by atoms with van der Waals surface area (Å²) in [6.45, 7) is 4.62. The third-order valence-electron chi connectivity index (χ3n) is 3.63. The van der Waals surface area contributed by atoms with E-state index in [4.69, 9.17) is 11.2 Å². The van der Waals surface area contributed by atoms with E-state index in [1.165, 1.54) is 4.90 Å². The summed E-state index contributed by atoms with van der Waals surface area (Å²) in [5.74, 6) is 1.27. The summed E-state index contributed by atoms with van der Waals surface area (Å²) < 4.78 is 5.45. The molecule has 2 amide bonds. The zero-order chi connectivity index (χ0) is 15.4. The Morgan fingerprint density at radius 3 is 2.90 bits per heavy atom. The van der Waals surface area contributed by atoms with Crippen LogP contribution in [0.4, 0.5) is 5.69 Å². The summed E-state index contributed by atoms with van der Waals surface area (Å²) in [5, 5.41) is 2.58. The topological polar surface area (TPSA) is 58.6 Å². The van der Waals surface area contributed by atoms with Gasteiger partial charge in [0.1, 0.15) is 0 Å². The van der Waals surface area contributed by atoms with Gasteiger partial charge in [0, 0.05) is 17.8 Å². The zero-order valence-corrected chi connectivity index (χ0v) is 12.1. The molecule has 0 radical (unpaired) electrons. The minimum Gasteiger partial charge on any atom is -0.375 e. The summed E-state index contributed by atoms with van der Waals surface area (Å²) in [6.07, 6.45) is 5.22. The fourth-order valence-corrected chi connectivity index (χ4v) is 2.22. The largest absolute Gasteiger partial charge is 0.375 e. The van der Waals surface area contributed by atoms with Crippen LogP contribution in [-0.4, -0.2) is 42.0 Å². The van der Waals surface area contributed by atoms with Crippen molar-refractivity contribution in [1.82, 2.24) is 4.90 Å². The molecule has 5 nitrogen and oxygen atoms in total. The van der Waals surface area contributed by atoms with E-state index >= 15 is 0 Å². The summed E-state index contributed by atoms with van der Waals surface area (Å²) in [4.78, 5) is 25.8. The quantitative estimate of drug-likeness (QED) is 0.624. The number of nitrogens with zero attached hydrogens (tertiary/aromatic N) is 1. The minimum absolute atomic E-state index is 0.0831. The Balaban J connectivity index is 2.05. The third-order valence-corrected chi connectivity index (χ3v) is 3.63. The van der Waals surface area contributed by atoms with Gasteiger partial charge in [-0.15, -0.1) is 6.42 Å². The fraction of sp³-hybridized carbons (Fsp3) is 0.375. The number of morpholine rings is 1. The average Bonchev–Trinajstić information content (AvgIpc) is 2.49. The number of anilines is 1. The number of amides is 2. The van der Waals surface area contributed by atoms with Crippen molar-refractivity contribution >= 4 is 17.5 Å². The molecule has 0 spiro atoms. The van der Waals surface area contributed by atoms with Gasteiger partial charge in [0.25, 0.3) is 0 Å². The average molecular weight is 286 g/mol. The van der Waals surface area contributed by atoms with Gasteiger partial charge in [0.15, 0.2) is 0 Å². The Labute approximate surface area is 124 Å². The maximum Gasteiger partial charge on any atom is 0.313 e. The second kappa shape index (κ2) is 6.42. The SMILES string of the molecule is C#Cc1cccc(NC(=O)C(=O)N2CCO[C@@H](C)[C@H]2C)c1. The highest BCUT2D eigenvalue weighted by Crippen LogP contribution is 2.15. The van der Waals surface area contributed by atoms with Crippen molar-refractivity contribution in [1.29, 1.82) is 0 Å². The van der Waals surface area contributed by atoms with Crippen LogP contribution in [0.25, 0.3) is 0 Å². The number of carbonyl (C=O) groups excluding carboxylic acids is 2. The lowest BCUT2D eigenvalue weighted by molar-refractivity contribution is -0.152. The normalized spacial score (nSPS) is 21.5. The maximum absolute atomic E-state index is 12.2. The van der Waals surface area contributed by atoms with Crippen LogP contribution in [-0.2, 0) is 14.3 Å². The molecule has 21 heavy (non-hydrogen) atoms. The molecule has 2 atom stereocenters. The second-order valence-corrected chi connectivity index (χ2v) is 4.99. The Morgan fingerprint density at radius 1 is 1.43 bits per heavy atom. The van der Waals surface area contributed by atoms with E-state index in [0.29, 0.717) is 24.4 Å². The van der Waals surface area contributed by atoms with Crippen LogP contribution in [0, 0.1) is 12.3 Å². The van der Waals surface area contributed by atoms with Crippen molar-refractivity contribution in [2.75, 3.05) is 18.5 Å². The van der Waals surface area contributed by atoms with Gasteiger partial charge in [-0.2, -0.15) is 0 Å². The van der Waals surface area contributed by atoms with E-state index in [1.807, 2.05) is 13.8 Å². The number of terminal acetylenes is 1. The molecule has 1 aliphatic heterocycles. The first kappa shape index (κ1) is 15.1. The summed E-state index contributed by atoms with van der Waals surface area (Å²) in [5.41, 5.74) is 1.16. The summed E-state index contributed by atoms with van der Waals surface area (Å²) in [6, 6.07) is 6.69. The number of nitrogens with one attached hydrogen (secondary N) is 1. The lowest BCUT2D eigenvalue weighted by Gasteiger charge is -2.37. The Bertz CT molecular complexity index is 591. The van der Waals surface area contributed by atoms with Gasteiger partial charge in [0.05, 0.1) is 18.8 Å². The highest BCUT2D eigenvalue weighted by atomic mass is 16.5. The molecule has 0 unspecified atom stereocenters. The maximum atomic E-state index is 12.2. The van der Waals surface area contributed by atoms with Gasteiger partial charge in [-0.25, -0.2) is 0 Å². The molecule has 1 aromatic rings. The molecule has 1 aliphatic rings. The molecule has 1 fully saturated rings. The Hall–Kier alpha value is -2.32. The highest BCUT2D eigenvalue weighted by Gasteiger charge is 2.32. The molecule has 1 saturated heterocycles. The summed E-state index contributed by atoms with van der Waals surface area (Å²) in [7, 11) is 0. The molecule has 0 bridgehead atoms. The van der Waals surface area contributed by atoms with E-state index in [2.05, 4.69) is 11.2 Å². The smallest absolute Gasteiger partial charge is 0.313 e. The highest BCUT2D eigenvalue weighted by molar-refractivity contribution is 6.39. The van der Waals surface area contributed by atoms with Gasteiger partial charge in [-0.1, -0.05) is 12.0 Å². The second-order valence-electron chi connectivity index (χ2n) is 4.99. The lowest BCUT2D eigenvalue weighted by Crippen LogP contribution is -2.54. The van der Waals surface area contributed by atoms with Crippen molar-refractivity contribution in [2.45, 2.75) is 26.0 Å². The number of benzene rings is 1. The number of hydrogen-bond acceptors (Lipinski definition) is 3. The van der Waals surface area contributed by atoms with Crippen LogP contribution in [0.1, 0.15) is 19.4 Å². The van der Waals surface area contributed by atoms with E-state index in [-0.39, 0.29) is 12.1 Å². The van der Waals surface area contributed by atoms with Crippen LogP contribution in [0.2, 0.25) is 0 Å². The molecular weight excluding hydrogens is 268 g/mol. The lowest BCUT2D eigenvalue weighted by atomic mass is 10.1. The van der Waals surface area contributed by atoms with Gasteiger partial charge in [0.2, 0.25) is 0 Å². The molecule has 0 aliphatic carbocycles. The first-order valence-electron chi connectivity index (χ1n) is 6.83. The predicted octanol–water partition coefficient (Wildman–Crippen LogP) is 1.24. The molecule has 0 saturated carbocycles. The molecule has 2 rings (SSSR count). The third kappa shape index (κ3) is 3.41. The van der Waals surface area contributed by atoms with E-state index < -0.39 is 11.8 Å². The molecule has 110 valence electrons. The molecule has 1 N–H and O–H groups in total. The van der Waals surface area contributed by atoms with Crippen molar-refractivity contribution < 1.29 is 14.3 Å². The molecule has 1 heterocycles. The fourth-order valence-electron chi connectivity index (χ4n) is 2.22. The van der Waals surface area contributed by atoms with Gasteiger partial charge in [-0.3, -0.25) is 9.59 Å². The van der Waals surface area contributed by atoms with Crippen LogP contribution in [0.15, 0.2) is 24.3 Å². The standard InChI is InChI=1S/C16H18N2O3/c1-4-13-6-5-7-14(10-13)17-15(19)16(20)18-8-9-21-12(3)11(18)2/h1,5-7,10-12H,8-9H2,2-3H3,(H,17,19)/t11-,12+/m1/s1. The number of rotatable bonds is 1. The van der Waals surface area contributed by atoms with Gasteiger partial charge in [-0.05, 0) is 32.0 Å². The molecule has 0 aromatic heterocycles. The predicted molar refractivity (Wildman–Crippen MR) is 79.6 cm³/mol. The zero-order valence-electron chi connectivity index (χ0n) is 12.1. The van der Waals surface area contributed by atoms with Crippen LogP contribution >= 0.6 is 0 Å². The van der Waals surface area contributed by atoms with Crippen molar-refractivity contribution in [3.63, 3.8) is 0 Å². The van der Waals surface area contributed by atoms with E-state index in [0.717, 1.165) is 0 Å². The number of hydrogen-bond donors (Lipinski definition) is 1. The monoisotopic (exact) mass is 286 g/mol. The minimum atomic E-state index is -0.662. The molecule has 5 heteroatoms. The Morgan fingerprint density at radius 2 is 2.19 bits per heavy atom. The molecular formula is C16H18N2O3. The van der Waals surface area contributed by atoms with Gasteiger partial charge >= 0.3 is 11.8 Å². The summed E-state index contributed by atoms with van der Waals surface area (Å²) >= 11 is 0. The van der Waals surface area contributed by atoms with Crippen LogP contribution < -0.4 is 5.32 Å². The van der Waals surface area contributed by atoms with E-state index in [9.17, 15) is 9.59 Å². The van der Waals surface area contributed by atoms with Gasteiger partial charge < -0.3 is 15.0 Å². The Kier molecular flexibility index (Phi) is 4.61. The van der Waals surface area contributed by atoms with Crippen molar-refractivity contribution in [3.8, 4) is 12.3 Å². The molecule has 1 aromatic carbocycles. The number of ether oxygens (including phenoxy) is 1. The van der Waals surface area contributed by atoms with Crippen molar-refractivity contribution in [2.24, 2.45) is 0 Å². The van der Waals surface area contributed by atoms with Crippen molar-refractivity contribution in [3.05, 3.63) is 29.8 Å². The first-order valence-corrected chi connectivity index (χ1v) is 6.83. The van der Waals surface area contributed by atoms with Crippen LogP contribution in [0.3, 0.4) is 0 Å². The van der Waals surface area contributed by atoms with Crippen LogP contribution in [0.5, 0.6) is 0 Å². The first-order chi connectivity index (χ1) is 10.0. The van der Waals surface area contributed by atoms with E-state index in [1.54, 1.807) is 24.3 Å².